The van der Waals surface area contributed by atoms with Gasteiger partial charge >= 0.3 is 0 Å². The fourth-order valence-electron chi connectivity index (χ4n) is 4.75. The first-order chi connectivity index (χ1) is 18.9. The molecule has 0 heterocycles. The standard InChI is InChI=1S/C32H41ClN2O4S/c1-24-14-15-26(13-9-19-36)30(20-24)29-17-16-28(21-31(29)33)40(38,39)35(4)23-27(37)22-34-32(2,3)18-8-12-25-10-6-5-7-11-25/h5-7,10-11,14-17,19-21,27,34,37H,8-9,12-13,18,22-23H2,1-4H3/t27-/m1/s1. The Hall–Kier alpha value is -2.55. The van der Waals surface area contributed by atoms with Gasteiger partial charge in [-0.15, -0.1) is 0 Å². The van der Waals surface area contributed by atoms with Crippen molar-refractivity contribution >= 4 is 27.9 Å². The van der Waals surface area contributed by atoms with E-state index < -0.39 is 16.1 Å². The fourth-order valence-corrected chi connectivity index (χ4v) is 6.33. The Morgan fingerprint density at radius 3 is 2.42 bits per heavy atom. The molecule has 3 aromatic rings. The van der Waals surface area contributed by atoms with Crippen LogP contribution in [-0.4, -0.2) is 55.9 Å². The molecule has 8 heteroatoms. The molecular weight excluding hydrogens is 544 g/mol. The number of benzene rings is 3. The van der Waals surface area contributed by atoms with Gasteiger partial charge in [-0.25, -0.2) is 8.42 Å². The van der Waals surface area contributed by atoms with Crippen LogP contribution in [0.25, 0.3) is 11.1 Å². The topological polar surface area (TPSA) is 86.7 Å². The minimum atomic E-state index is -3.87. The molecule has 0 aliphatic rings. The lowest BCUT2D eigenvalue weighted by molar-refractivity contribution is -0.107. The number of likely N-dealkylation sites (N-methyl/N-ethyl adjacent to an activating group) is 1. The lowest BCUT2D eigenvalue weighted by Crippen LogP contribution is -2.46. The number of aryl methyl sites for hydroxylation is 3. The summed E-state index contributed by atoms with van der Waals surface area (Å²) in [5.41, 5.74) is 4.72. The number of halogens is 1. The van der Waals surface area contributed by atoms with Crippen molar-refractivity contribution in [1.82, 2.24) is 9.62 Å². The number of hydrogen-bond donors (Lipinski definition) is 2. The molecule has 2 N–H and O–H groups in total. The summed E-state index contributed by atoms with van der Waals surface area (Å²) in [6, 6.07) is 21.0. The average molecular weight is 585 g/mol. The highest BCUT2D eigenvalue weighted by molar-refractivity contribution is 7.89. The lowest BCUT2D eigenvalue weighted by Gasteiger charge is -2.29. The van der Waals surface area contributed by atoms with Gasteiger partial charge in [-0.3, -0.25) is 0 Å². The molecule has 0 aromatic heterocycles. The molecule has 6 nitrogen and oxygen atoms in total. The Morgan fingerprint density at radius 1 is 1.02 bits per heavy atom. The van der Waals surface area contributed by atoms with Gasteiger partial charge in [0.15, 0.2) is 0 Å². The highest BCUT2D eigenvalue weighted by Crippen LogP contribution is 2.34. The monoisotopic (exact) mass is 584 g/mol. The summed E-state index contributed by atoms with van der Waals surface area (Å²) in [6.45, 7) is 6.37. The zero-order valence-electron chi connectivity index (χ0n) is 23.9. The molecule has 0 unspecified atom stereocenters. The first-order valence-corrected chi connectivity index (χ1v) is 15.5. The number of rotatable bonds is 15. The second kappa shape index (κ2) is 14.4. The van der Waals surface area contributed by atoms with E-state index in [-0.39, 0.29) is 23.5 Å². The Kier molecular flexibility index (Phi) is 11.5. The van der Waals surface area contributed by atoms with E-state index in [0.717, 1.165) is 46.5 Å². The number of hydrogen-bond acceptors (Lipinski definition) is 5. The van der Waals surface area contributed by atoms with Crippen LogP contribution in [0.5, 0.6) is 0 Å². The minimum Gasteiger partial charge on any atom is -0.390 e. The van der Waals surface area contributed by atoms with Gasteiger partial charge in [0, 0.05) is 42.7 Å². The largest absolute Gasteiger partial charge is 0.390 e. The maximum atomic E-state index is 13.3. The molecule has 3 aromatic carbocycles. The van der Waals surface area contributed by atoms with Crippen LogP contribution in [0.1, 0.15) is 49.8 Å². The number of carbonyl (C=O) groups is 1. The number of sulfonamides is 1. The summed E-state index contributed by atoms with van der Waals surface area (Å²) >= 11 is 6.61. The summed E-state index contributed by atoms with van der Waals surface area (Å²) in [7, 11) is -2.41. The molecule has 3 rings (SSSR count). The SMILES string of the molecule is Cc1ccc(CCC=O)c(-c2ccc(S(=O)(=O)N(C)C[C@H](O)CNC(C)(C)CCCc3ccccc3)cc2Cl)c1. The third-order valence-electron chi connectivity index (χ3n) is 7.13. The van der Waals surface area contributed by atoms with Crippen LogP contribution in [-0.2, 0) is 27.7 Å². The van der Waals surface area contributed by atoms with Crippen LogP contribution in [0.15, 0.2) is 71.6 Å². The van der Waals surface area contributed by atoms with Gasteiger partial charge in [0.1, 0.15) is 6.29 Å². The van der Waals surface area contributed by atoms with Crippen molar-refractivity contribution in [3.8, 4) is 11.1 Å². The second-order valence-corrected chi connectivity index (χ2v) is 13.5. The maximum Gasteiger partial charge on any atom is 0.242 e. The number of nitrogens with zero attached hydrogens (tertiary/aromatic N) is 1. The molecule has 0 radical (unpaired) electrons. The summed E-state index contributed by atoms with van der Waals surface area (Å²) in [5, 5.41) is 14.4. The van der Waals surface area contributed by atoms with Gasteiger partial charge in [0.2, 0.25) is 10.0 Å². The van der Waals surface area contributed by atoms with Gasteiger partial charge < -0.3 is 15.2 Å². The van der Waals surface area contributed by atoms with Crippen LogP contribution in [0.4, 0.5) is 0 Å². The zero-order valence-corrected chi connectivity index (χ0v) is 25.4. The number of nitrogens with one attached hydrogen (secondary N) is 1. The van der Waals surface area contributed by atoms with E-state index in [9.17, 15) is 18.3 Å². The van der Waals surface area contributed by atoms with Crippen LogP contribution < -0.4 is 5.32 Å². The van der Waals surface area contributed by atoms with E-state index in [0.29, 0.717) is 23.4 Å². The summed E-state index contributed by atoms with van der Waals surface area (Å²) in [4.78, 5) is 11.0. The summed E-state index contributed by atoms with van der Waals surface area (Å²) < 4.78 is 27.8. The Morgan fingerprint density at radius 2 is 1.75 bits per heavy atom. The van der Waals surface area contributed by atoms with E-state index in [1.807, 2.05) is 43.3 Å². The van der Waals surface area contributed by atoms with Crippen molar-refractivity contribution in [3.63, 3.8) is 0 Å². The van der Waals surface area contributed by atoms with Gasteiger partial charge in [-0.2, -0.15) is 4.31 Å². The molecular formula is C32H41ClN2O4S. The molecule has 216 valence electrons. The smallest absolute Gasteiger partial charge is 0.242 e. The Bertz CT molecular complexity index is 1380. The third kappa shape index (κ3) is 8.98. The molecule has 0 bridgehead atoms. The number of aliphatic hydroxyl groups excluding tert-OH is 1. The van der Waals surface area contributed by atoms with E-state index in [1.54, 1.807) is 12.1 Å². The molecule has 1 atom stereocenters. The Labute approximate surface area is 244 Å². The first kappa shape index (κ1) is 32.0. The number of β-amino-alcohol motifs (C(OH)–C–C–N with tert-alkyl or cyclic N) is 1. The van der Waals surface area contributed by atoms with Crippen LogP contribution in [0.2, 0.25) is 5.02 Å². The van der Waals surface area contributed by atoms with Gasteiger partial charge in [-0.1, -0.05) is 71.8 Å². The van der Waals surface area contributed by atoms with Crippen molar-refractivity contribution in [1.29, 1.82) is 0 Å². The van der Waals surface area contributed by atoms with E-state index in [4.69, 9.17) is 11.6 Å². The lowest BCUT2D eigenvalue weighted by atomic mass is 9.95. The molecule has 0 fully saturated rings. The molecule has 0 saturated carbocycles. The third-order valence-corrected chi connectivity index (χ3v) is 9.26. The number of aldehydes is 1. The van der Waals surface area contributed by atoms with E-state index >= 15 is 0 Å². The summed E-state index contributed by atoms with van der Waals surface area (Å²) in [6.07, 6.45) is 3.89. The van der Waals surface area contributed by atoms with Crippen LogP contribution >= 0.6 is 11.6 Å². The molecule has 0 aliphatic heterocycles. The molecule has 0 saturated heterocycles. The maximum absolute atomic E-state index is 13.3. The number of aliphatic hydroxyl groups is 1. The average Bonchev–Trinajstić information content (AvgIpc) is 2.91. The Balaban J connectivity index is 1.61. The molecule has 0 amide bonds. The minimum absolute atomic E-state index is 0.0531. The molecule has 0 spiro atoms. The van der Waals surface area contributed by atoms with Gasteiger partial charge in [0.05, 0.1) is 11.0 Å². The zero-order chi connectivity index (χ0) is 29.3. The van der Waals surface area contributed by atoms with Gasteiger partial charge in [-0.05, 0) is 75.3 Å². The van der Waals surface area contributed by atoms with Crippen molar-refractivity contribution in [2.45, 2.75) is 69.4 Å². The van der Waals surface area contributed by atoms with Crippen molar-refractivity contribution < 1.29 is 18.3 Å². The summed E-state index contributed by atoms with van der Waals surface area (Å²) in [5.74, 6) is 0. The van der Waals surface area contributed by atoms with E-state index in [2.05, 4.69) is 31.3 Å². The van der Waals surface area contributed by atoms with Crippen molar-refractivity contribution in [2.24, 2.45) is 0 Å². The molecule has 40 heavy (non-hydrogen) atoms. The number of carbonyl (C=O) groups excluding carboxylic acids is 1. The van der Waals surface area contributed by atoms with E-state index in [1.165, 1.54) is 18.7 Å². The van der Waals surface area contributed by atoms with Crippen molar-refractivity contribution in [3.05, 3.63) is 88.4 Å². The predicted octanol–water partition coefficient (Wildman–Crippen LogP) is 5.82. The first-order valence-electron chi connectivity index (χ1n) is 13.7. The predicted molar refractivity (Wildman–Crippen MR) is 163 cm³/mol. The highest BCUT2D eigenvalue weighted by Gasteiger charge is 2.26. The fraction of sp³-hybridized carbons (Fsp3) is 0.406. The van der Waals surface area contributed by atoms with Crippen molar-refractivity contribution in [2.75, 3.05) is 20.1 Å². The van der Waals surface area contributed by atoms with Crippen LogP contribution in [0.3, 0.4) is 0 Å². The molecule has 0 aliphatic carbocycles. The van der Waals surface area contributed by atoms with Gasteiger partial charge in [0.25, 0.3) is 0 Å². The quantitative estimate of drug-likeness (QED) is 0.220. The van der Waals surface area contributed by atoms with Crippen LogP contribution in [0, 0.1) is 6.92 Å². The second-order valence-electron chi connectivity index (χ2n) is 11.1. The normalized spacial score (nSPS) is 13.0. The highest BCUT2D eigenvalue weighted by atomic mass is 35.5.